The molecule has 0 aliphatic heterocycles. The van der Waals surface area contributed by atoms with Crippen molar-refractivity contribution >= 4 is 0 Å². The molecular formula is C16H21N3. The Kier molecular flexibility index (Phi) is 3.15. The maximum atomic E-state index is 6.11. The van der Waals surface area contributed by atoms with Crippen LogP contribution >= 0.6 is 0 Å². The number of aryl methyl sites for hydroxylation is 1. The largest absolute Gasteiger partial charge is 0.330 e. The van der Waals surface area contributed by atoms with Gasteiger partial charge in [-0.25, -0.2) is 0 Å². The van der Waals surface area contributed by atoms with Gasteiger partial charge in [-0.1, -0.05) is 24.3 Å². The standard InChI is InChI=1S/C16H21N3/c1-2-19-11-13(10-18-19)7-16(12-17)8-14-5-3-4-6-15(14)9-16/h3-6,10-11H,2,7-9,12,17H2,1H3. The van der Waals surface area contributed by atoms with Gasteiger partial charge >= 0.3 is 0 Å². The average molecular weight is 255 g/mol. The Morgan fingerprint density at radius 2 is 1.95 bits per heavy atom. The van der Waals surface area contributed by atoms with Crippen molar-refractivity contribution < 1.29 is 0 Å². The van der Waals surface area contributed by atoms with Crippen LogP contribution in [-0.2, 0) is 25.8 Å². The Balaban J connectivity index is 1.82. The minimum Gasteiger partial charge on any atom is -0.330 e. The Morgan fingerprint density at radius 1 is 1.26 bits per heavy atom. The molecule has 0 radical (unpaired) electrons. The predicted molar refractivity (Wildman–Crippen MR) is 76.9 cm³/mol. The second-order valence-corrected chi connectivity index (χ2v) is 5.71. The van der Waals surface area contributed by atoms with E-state index in [0.717, 1.165) is 32.4 Å². The Hall–Kier alpha value is -1.61. The third kappa shape index (κ3) is 2.30. The highest BCUT2D eigenvalue weighted by Gasteiger charge is 2.36. The van der Waals surface area contributed by atoms with Gasteiger partial charge in [-0.15, -0.1) is 0 Å². The summed E-state index contributed by atoms with van der Waals surface area (Å²) in [5, 5.41) is 4.37. The van der Waals surface area contributed by atoms with Crippen LogP contribution in [0, 0.1) is 5.41 Å². The fourth-order valence-corrected chi connectivity index (χ4v) is 3.22. The predicted octanol–water partition coefficient (Wildman–Crippen LogP) is 2.19. The number of benzene rings is 1. The Labute approximate surface area is 114 Å². The first kappa shape index (κ1) is 12.4. The second kappa shape index (κ2) is 4.82. The van der Waals surface area contributed by atoms with Crippen molar-refractivity contribution in [1.82, 2.24) is 9.78 Å². The van der Waals surface area contributed by atoms with Crippen LogP contribution < -0.4 is 5.73 Å². The summed E-state index contributed by atoms with van der Waals surface area (Å²) in [5.74, 6) is 0. The van der Waals surface area contributed by atoms with E-state index in [1.165, 1.54) is 16.7 Å². The van der Waals surface area contributed by atoms with Crippen LogP contribution in [0.25, 0.3) is 0 Å². The maximum absolute atomic E-state index is 6.11. The second-order valence-electron chi connectivity index (χ2n) is 5.71. The van der Waals surface area contributed by atoms with E-state index in [9.17, 15) is 0 Å². The van der Waals surface area contributed by atoms with Crippen LogP contribution in [0.3, 0.4) is 0 Å². The van der Waals surface area contributed by atoms with Gasteiger partial charge in [0.15, 0.2) is 0 Å². The smallest absolute Gasteiger partial charge is 0.0521 e. The van der Waals surface area contributed by atoms with Crippen molar-refractivity contribution in [3.05, 3.63) is 53.3 Å². The highest BCUT2D eigenvalue weighted by Crippen LogP contribution is 2.38. The normalized spacial score (nSPS) is 16.5. The summed E-state index contributed by atoms with van der Waals surface area (Å²) in [6.07, 6.45) is 7.36. The van der Waals surface area contributed by atoms with Gasteiger partial charge < -0.3 is 5.73 Å². The van der Waals surface area contributed by atoms with Crippen molar-refractivity contribution in [3.8, 4) is 0 Å². The molecule has 0 atom stereocenters. The number of hydrogen-bond acceptors (Lipinski definition) is 2. The molecule has 2 N–H and O–H groups in total. The molecule has 3 rings (SSSR count). The van der Waals surface area contributed by atoms with Crippen LogP contribution in [0.2, 0.25) is 0 Å². The molecule has 0 spiro atoms. The van der Waals surface area contributed by atoms with Crippen molar-refractivity contribution in [3.63, 3.8) is 0 Å². The molecule has 0 saturated carbocycles. The molecule has 100 valence electrons. The van der Waals surface area contributed by atoms with E-state index in [4.69, 9.17) is 5.73 Å². The first-order valence-corrected chi connectivity index (χ1v) is 7.03. The van der Waals surface area contributed by atoms with E-state index in [1.54, 1.807) is 0 Å². The van der Waals surface area contributed by atoms with Crippen LogP contribution in [0.5, 0.6) is 0 Å². The van der Waals surface area contributed by atoms with Crippen LogP contribution in [0.15, 0.2) is 36.7 Å². The van der Waals surface area contributed by atoms with Crippen LogP contribution in [-0.4, -0.2) is 16.3 Å². The quantitative estimate of drug-likeness (QED) is 0.910. The van der Waals surface area contributed by atoms with Gasteiger partial charge in [0.05, 0.1) is 6.20 Å². The molecule has 0 bridgehead atoms. The number of nitrogens with zero attached hydrogens (tertiary/aromatic N) is 2. The van der Waals surface area contributed by atoms with Crippen LogP contribution in [0.4, 0.5) is 0 Å². The third-order valence-electron chi connectivity index (χ3n) is 4.27. The molecule has 1 aromatic heterocycles. The van der Waals surface area contributed by atoms with E-state index in [-0.39, 0.29) is 5.41 Å². The van der Waals surface area contributed by atoms with Gasteiger partial charge in [0, 0.05) is 12.7 Å². The number of rotatable bonds is 4. The van der Waals surface area contributed by atoms with Gasteiger partial charge in [-0.3, -0.25) is 4.68 Å². The van der Waals surface area contributed by atoms with Gasteiger partial charge in [0.1, 0.15) is 0 Å². The minimum absolute atomic E-state index is 0.186. The zero-order valence-electron chi connectivity index (χ0n) is 11.5. The lowest BCUT2D eigenvalue weighted by Crippen LogP contribution is -2.33. The third-order valence-corrected chi connectivity index (χ3v) is 4.27. The molecule has 2 aromatic rings. The summed E-state index contributed by atoms with van der Waals surface area (Å²) in [4.78, 5) is 0. The Bertz CT molecular complexity index is 546. The van der Waals surface area contributed by atoms with Crippen molar-refractivity contribution in [2.24, 2.45) is 11.1 Å². The minimum atomic E-state index is 0.186. The summed E-state index contributed by atoms with van der Waals surface area (Å²) in [7, 11) is 0. The monoisotopic (exact) mass is 255 g/mol. The molecule has 0 amide bonds. The topological polar surface area (TPSA) is 43.8 Å². The van der Waals surface area contributed by atoms with Gasteiger partial charge in [-0.05, 0) is 54.8 Å². The van der Waals surface area contributed by atoms with E-state index in [1.807, 2.05) is 10.9 Å². The summed E-state index contributed by atoms with van der Waals surface area (Å²) >= 11 is 0. The first-order valence-electron chi connectivity index (χ1n) is 7.03. The highest BCUT2D eigenvalue weighted by molar-refractivity contribution is 5.35. The lowest BCUT2D eigenvalue weighted by molar-refractivity contribution is 0.315. The summed E-state index contributed by atoms with van der Waals surface area (Å²) in [5.41, 5.74) is 10.5. The fourth-order valence-electron chi connectivity index (χ4n) is 3.22. The molecule has 19 heavy (non-hydrogen) atoms. The molecule has 0 saturated heterocycles. The molecule has 0 fully saturated rings. The lowest BCUT2D eigenvalue weighted by Gasteiger charge is -2.26. The van der Waals surface area contributed by atoms with Crippen molar-refractivity contribution in [2.75, 3.05) is 6.54 Å². The first-order chi connectivity index (χ1) is 9.24. The van der Waals surface area contributed by atoms with Crippen LogP contribution in [0.1, 0.15) is 23.6 Å². The number of fused-ring (bicyclic) bond motifs is 1. The summed E-state index contributed by atoms with van der Waals surface area (Å²) in [6.45, 7) is 3.77. The van der Waals surface area contributed by atoms with Gasteiger partial charge in [0.25, 0.3) is 0 Å². The van der Waals surface area contributed by atoms with Crippen molar-refractivity contribution in [2.45, 2.75) is 32.7 Å². The van der Waals surface area contributed by atoms with E-state index in [2.05, 4.69) is 42.5 Å². The fraction of sp³-hybridized carbons (Fsp3) is 0.438. The average Bonchev–Trinajstić information content (AvgIpc) is 3.02. The molecule has 1 aliphatic carbocycles. The zero-order chi connectivity index (χ0) is 13.3. The molecule has 3 nitrogen and oxygen atoms in total. The SMILES string of the molecule is CCn1cc(CC2(CN)Cc3ccccc3C2)cn1. The zero-order valence-corrected chi connectivity index (χ0v) is 11.5. The summed E-state index contributed by atoms with van der Waals surface area (Å²) in [6, 6.07) is 8.73. The molecule has 1 aromatic carbocycles. The van der Waals surface area contributed by atoms with E-state index >= 15 is 0 Å². The Morgan fingerprint density at radius 3 is 2.47 bits per heavy atom. The molecule has 1 heterocycles. The van der Waals surface area contributed by atoms with Gasteiger partial charge in [-0.2, -0.15) is 5.10 Å². The number of aromatic nitrogens is 2. The number of hydrogen-bond donors (Lipinski definition) is 1. The molecular weight excluding hydrogens is 234 g/mol. The van der Waals surface area contributed by atoms with E-state index < -0.39 is 0 Å². The molecule has 3 heteroatoms. The highest BCUT2D eigenvalue weighted by atomic mass is 15.3. The van der Waals surface area contributed by atoms with E-state index in [0.29, 0.717) is 0 Å². The number of nitrogens with two attached hydrogens (primary N) is 1. The van der Waals surface area contributed by atoms with Crippen molar-refractivity contribution in [1.29, 1.82) is 0 Å². The molecule has 0 unspecified atom stereocenters. The maximum Gasteiger partial charge on any atom is 0.0521 e. The molecule has 1 aliphatic rings. The summed E-state index contributed by atoms with van der Waals surface area (Å²) < 4.78 is 1.99. The lowest BCUT2D eigenvalue weighted by atomic mass is 9.79. The van der Waals surface area contributed by atoms with Gasteiger partial charge in [0.2, 0.25) is 0 Å².